The lowest BCUT2D eigenvalue weighted by molar-refractivity contribution is 0.104. The van der Waals surface area contributed by atoms with Crippen LogP contribution in [0.1, 0.15) is 15.9 Å². The summed E-state index contributed by atoms with van der Waals surface area (Å²) in [5, 5.41) is 20.0. The first-order valence-corrected chi connectivity index (χ1v) is 8.95. The van der Waals surface area contributed by atoms with Crippen LogP contribution in [-0.4, -0.2) is 16.0 Å². The minimum atomic E-state index is -0.169. The third kappa shape index (κ3) is 3.38. The summed E-state index contributed by atoms with van der Waals surface area (Å²) in [5.74, 6) is 0.0338. The molecular formula is C25H18O3. The van der Waals surface area contributed by atoms with E-state index in [9.17, 15) is 15.0 Å². The van der Waals surface area contributed by atoms with Gasteiger partial charge in [-0.3, -0.25) is 4.79 Å². The van der Waals surface area contributed by atoms with Gasteiger partial charge in [0.2, 0.25) is 0 Å². The number of hydrogen-bond donors (Lipinski definition) is 2. The van der Waals surface area contributed by atoms with E-state index >= 15 is 0 Å². The number of rotatable bonds is 4. The van der Waals surface area contributed by atoms with Crippen LogP contribution in [0.15, 0.2) is 97.1 Å². The molecule has 4 rings (SSSR count). The van der Waals surface area contributed by atoms with Crippen molar-refractivity contribution >= 4 is 5.78 Å². The maximum Gasteiger partial charge on any atom is 0.194 e. The van der Waals surface area contributed by atoms with Crippen LogP contribution in [0.4, 0.5) is 0 Å². The number of benzene rings is 4. The molecule has 0 bridgehead atoms. The van der Waals surface area contributed by atoms with Gasteiger partial charge in [0.15, 0.2) is 5.78 Å². The maximum atomic E-state index is 13.5. The lowest BCUT2D eigenvalue weighted by Crippen LogP contribution is -2.05. The smallest absolute Gasteiger partial charge is 0.194 e. The highest BCUT2D eigenvalue weighted by atomic mass is 16.3. The van der Waals surface area contributed by atoms with E-state index in [0.29, 0.717) is 22.3 Å². The van der Waals surface area contributed by atoms with Crippen molar-refractivity contribution in [3.05, 3.63) is 108 Å². The SMILES string of the molecule is O=C(c1ccc(O)cc1-c1ccccc1)c1ccc(O)cc1-c1ccccc1. The molecule has 0 fully saturated rings. The van der Waals surface area contributed by atoms with Gasteiger partial charge in [-0.15, -0.1) is 0 Å². The molecule has 0 atom stereocenters. The first-order valence-electron chi connectivity index (χ1n) is 8.95. The van der Waals surface area contributed by atoms with Crippen LogP contribution in [0.5, 0.6) is 11.5 Å². The number of carbonyl (C=O) groups excluding carboxylic acids is 1. The van der Waals surface area contributed by atoms with E-state index in [1.807, 2.05) is 60.7 Å². The van der Waals surface area contributed by atoms with Gasteiger partial charge in [0.25, 0.3) is 0 Å². The minimum Gasteiger partial charge on any atom is -0.508 e. The Morgan fingerprint density at radius 2 is 0.929 bits per heavy atom. The molecule has 28 heavy (non-hydrogen) atoms. The van der Waals surface area contributed by atoms with Gasteiger partial charge in [-0.1, -0.05) is 60.7 Å². The fraction of sp³-hybridized carbons (Fsp3) is 0. The summed E-state index contributed by atoms with van der Waals surface area (Å²) in [4.78, 5) is 13.5. The van der Waals surface area contributed by atoms with Gasteiger partial charge in [-0.25, -0.2) is 0 Å². The predicted molar refractivity (Wildman–Crippen MR) is 111 cm³/mol. The molecule has 0 saturated carbocycles. The molecule has 0 heterocycles. The van der Waals surface area contributed by atoms with Crippen molar-refractivity contribution in [1.82, 2.24) is 0 Å². The second kappa shape index (κ2) is 7.41. The van der Waals surface area contributed by atoms with Gasteiger partial charge in [0.05, 0.1) is 0 Å². The van der Waals surface area contributed by atoms with Gasteiger partial charge in [-0.2, -0.15) is 0 Å². The van der Waals surface area contributed by atoms with E-state index < -0.39 is 0 Å². The molecule has 0 amide bonds. The zero-order chi connectivity index (χ0) is 19.5. The highest BCUT2D eigenvalue weighted by Crippen LogP contribution is 2.33. The average Bonchev–Trinajstić information content (AvgIpc) is 2.74. The molecule has 0 aliphatic rings. The van der Waals surface area contributed by atoms with Crippen molar-refractivity contribution in [2.24, 2.45) is 0 Å². The molecule has 0 unspecified atom stereocenters. The van der Waals surface area contributed by atoms with E-state index in [2.05, 4.69) is 0 Å². The number of hydrogen-bond acceptors (Lipinski definition) is 3. The zero-order valence-electron chi connectivity index (χ0n) is 15.0. The van der Waals surface area contributed by atoms with Crippen molar-refractivity contribution in [3.8, 4) is 33.8 Å². The van der Waals surface area contributed by atoms with Crippen LogP contribution >= 0.6 is 0 Å². The molecule has 3 heteroatoms. The molecule has 0 aromatic heterocycles. The Bertz CT molecular complexity index is 1040. The molecule has 0 spiro atoms. The molecule has 136 valence electrons. The number of phenols is 2. The molecule has 4 aromatic carbocycles. The fourth-order valence-corrected chi connectivity index (χ4v) is 3.32. The predicted octanol–water partition coefficient (Wildman–Crippen LogP) is 5.66. The third-order valence-electron chi connectivity index (χ3n) is 4.67. The second-order valence-corrected chi connectivity index (χ2v) is 6.52. The Hall–Kier alpha value is -3.85. The number of aromatic hydroxyl groups is 2. The second-order valence-electron chi connectivity index (χ2n) is 6.52. The van der Waals surface area contributed by atoms with Gasteiger partial charge < -0.3 is 10.2 Å². The number of ketones is 1. The van der Waals surface area contributed by atoms with Gasteiger partial charge >= 0.3 is 0 Å². The Morgan fingerprint density at radius 3 is 1.32 bits per heavy atom. The van der Waals surface area contributed by atoms with Gasteiger partial charge in [0.1, 0.15) is 11.5 Å². The summed E-state index contributed by atoms with van der Waals surface area (Å²) in [7, 11) is 0. The summed E-state index contributed by atoms with van der Waals surface area (Å²) in [6.45, 7) is 0. The quantitative estimate of drug-likeness (QED) is 0.458. The van der Waals surface area contributed by atoms with Crippen LogP contribution in [0.25, 0.3) is 22.3 Å². The summed E-state index contributed by atoms with van der Waals surface area (Å²) in [6.07, 6.45) is 0. The summed E-state index contributed by atoms with van der Waals surface area (Å²) >= 11 is 0. The van der Waals surface area contributed by atoms with Crippen molar-refractivity contribution in [3.63, 3.8) is 0 Å². The third-order valence-corrected chi connectivity index (χ3v) is 4.67. The highest BCUT2D eigenvalue weighted by molar-refractivity contribution is 6.16. The van der Waals surface area contributed by atoms with E-state index in [1.165, 1.54) is 12.1 Å². The standard InChI is InChI=1S/C25H18O3/c26-19-11-13-21(23(15-19)17-7-3-1-4-8-17)25(28)22-14-12-20(27)16-24(22)18-9-5-2-6-10-18/h1-16,26-27H. The Labute approximate surface area is 163 Å². The summed E-state index contributed by atoms with van der Waals surface area (Å²) in [5.41, 5.74) is 4.01. The van der Waals surface area contributed by atoms with Crippen LogP contribution in [0.3, 0.4) is 0 Å². The molecule has 0 aliphatic heterocycles. The largest absolute Gasteiger partial charge is 0.508 e. The van der Waals surface area contributed by atoms with Crippen molar-refractivity contribution in [2.45, 2.75) is 0 Å². The number of phenolic OH excluding ortho intramolecular Hbond substituents is 2. The highest BCUT2D eigenvalue weighted by Gasteiger charge is 2.19. The topological polar surface area (TPSA) is 57.5 Å². The van der Waals surface area contributed by atoms with Crippen LogP contribution in [-0.2, 0) is 0 Å². The van der Waals surface area contributed by atoms with E-state index in [-0.39, 0.29) is 17.3 Å². The molecule has 4 aromatic rings. The molecule has 2 N–H and O–H groups in total. The lowest BCUT2D eigenvalue weighted by atomic mass is 9.89. The molecule has 0 aliphatic carbocycles. The first-order chi connectivity index (χ1) is 13.6. The maximum absolute atomic E-state index is 13.5. The first kappa shape index (κ1) is 17.6. The van der Waals surface area contributed by atoms with Crippen LogP contribution in [0.2, 0.25) is 0 Å². The van der Waals surface area contributed by atoms with Crippen molar-refractivity contribution in [2.75, 3.05) is 0 Å². The Balaban J connectivity index is 1.89. The molecule has 0 radical (unpaired) electrons. The minimum absolute atomic E-state index is 0.101. The van der Waals surface area contributed by atoms with Gasteiger partial charge in [-0.05, 0) is 58.7 Å². The Morgan fingerprint density at radius 1 is 0.536 bits per heavy atom. The average molecular weight is 366 g/mol. The monoisotopic (exact) mass is 366 g/mol. The van der Waals surface area contributed by atoms with Crippen LogP contribution < -0.4 is 0 Å². The molecular weight excluding hydrogens is 348 g/mol. The zero-order valence-corrected chi connectivity index (χ0v) is 15.0. The molecule has 0 saturated heterocycles. The Kier molecular flexibility index (Phi) is 4.65. The van der Waals surface area contributed by atoms with Gasteiger partial charge in [0, 0.05) is 11.1 Å². The normalized spacial score (nSPS) is 10.6. The van der Waals surface area contributed by atoms with E-state index in [4.69, 9.17) is 0 Å². The van der Waals surface area contributed by atoms with E-state index in [0.717, 1.165) is 11.1 Å². The molecule has 3 nitrogen and oxygen atoms in total. The fourth-order valence-electron chi connectivity index (χ4n) is 3.32. The van der Waals surface area contributed by atoms with Crippen molar-refractivity contribution in [1.29, 1.82) is 0 Å². The van der Waals surface area contributed by atoms with Crippen molar-refractivity contribution < 1.29 is 15.0 Å². The number of carbonyl (C=O) groups is 1. The summed E-state index contributed by atoms with van der Waals surface area (Å²) < 4.78 is 0. The van der Waals surface area contributed by atoms with E-state index in [1.54, 1.807) is 24.3 Å². The summed E-state index contributed by atoms with van der Waals surface area (Å²) in [6, 6.07) is 28.5. The van der Waals surface area contributed by atoms with Crippen LogP contribution in [0, 0.1) is 0 Å². The lowest BCUT2D eigenvalue weighted by Gasteiger charge is -2.13.